The first-order valence-electron chi connectivity index (χ1n) is 6.09. The van der Waals surface area contributed by atoms with Crippen molar-refractivity contribution in [2.75, 3.05) is 0 Å². The molecule has 2 heteroatoms. The van der Waals surface area contributed by atoms with Gasteiger partial charge in [-0.15, -0.1) is 0 Å². The highest BCUT2D eigenvalue weighted by atomic mass is 16.1. The maximum atomic E-state index is 11.8. The zero-order chi connectivity index (χ0) is 11.7. The number of benzene rings is 1. The van der Waals surface area contributed by atoms with Crippen molar-refractivity contribution in [1.82, 2.24) is 5.32 Å². The molecule has 0 bridgehead atoms. The molecule has 0 saturated heterocycles. The van der Waals surface area contributed by atoms with E-state index in [0.717, 1.165) is 18.5 Å². The summed E-state index contributed by atoms with van der Waals surface area (Å²) in [6, 6.07) is 10.6. The third-order valence-electron chi connectivity index (χ3n) is 3.45. The van der Waals surface area contributed by atoms with Crippen LogP contribution in [0.1, 0.15) is 30.9 Å². The highest BCUT2D eigenvalue weighted by Crippen LogP contribution is 2.31. The third-order valence-corrected chi connectivity index (χ3v) is 3.45. The van der Waals surface area contributed by atoms with Crippen LogP contribution in [0.3, 0.4) is 0 Å². The first-order valence-corrected chi connectivity index (χ1v) is 6.09. The fourth-order valence-electron chi connectivity index (χ4n) is 2.54. The summed E-state index contributed by atoms with van der Waals surface area (Å²) in [5.41, 5.74) is 3.28. The Labute approximate surface area is 101 Å². The first-order chi connectivity index (χ1) is 8.34. The molecule has 3 rings (SSSR count). The van der Waals surface area contributed by atoms with Gasteiger partial charge in [-0.2, -0.15) is 0 Å². The number of allylic oxidation sites excluding steroid dienone is 4. The van der Waals surface area contributed by atoms with E-state index in [2.05, 4.69) is 23.5 Å². The average Bonchev–Trinajstić information content (AvgIpc) is 2.40. The smallest absolute Gasteiger partial charge is 0.182 e. The van der Waals surface area contributed by atoms with Gasteiger partial charge in [0.1, 0.15) is 0 Å². The van der Waals surface area contributed by atoms with Crippen molar-refractivity contribution in [1.29, 1.82) is 0 Å². The number of hydrogen-bond acceptors (Lipinski definition) is 2. The lowest BCUT2D eigenvalue weighted by Gasteiger charge is -2.29. The monoisotopic (exact) mass is 225 g/mol. The molecule has 2 nitrogen and oxygen atoms in total. The Morgan fingerprint density at radius 1 is 1.18 bits per heavy atom. The van der Waals surface area contributed by atoms with Gasteiger partial charge < -0.3 is 5.32 Å². The zero-order valence-electron chi connectivity index (χ0n) is 9.65. The molecule has 1 atom stereocenters. The molecule has 1 unspecified atom stereocenters. The summed E-state index contributed by atoms with van der Waals surface area (Å²) in [5, 5.41) is 3.40. The summed E-state index contributed by atoms with van der Waals surface area (Å²) >= 11 is 0. The Balaban J connectivity index is 1.88. The molecule has 86 valence electrons. The molecule has 1 heterocycles. The average molecular weight is 225 g/mol. The Kier molecular flexibility index (Phi) is 2.56. The van der Waals surface area contributed by atoms with Crippen molar-refractivity contribution in [3.8, 4) is 0 Å². The maximum absolute atomic E-state index is 11.8. The van der Waals surface area contributed by atoms with Gasteiger partial charge in [-0.05, 0) is 24.0 Å². The van der Waals surface area contributed by atoms with E-state index in [-0.39, 0.29) is 11.8 Å². The molecular formula is C15H15NO. The summed E-state index contributed by atoms with van der Waals surface area (Å²) < 4.78 is 0. The maximum Gasteiger partial charge on any atom is 0.182 e. The fourth-order valence-corrected chi connectivity index (χ4v) is 2.54. The van der Waals surface area contributed by atoms with Crippen LogP contribution in [0, 0.1) is 0 Å². The van der Waals surface area contributed by atoms with E-state index in [1.54, 1.807) is 0 Å². The van der Waals surface area contributed by atoms with Crippen molar-refractivity contribution in [3.05, 3.63) is 59.3 Å². The van der Waals surface area contributed by atoms with Crippen molar-refractivity contribution < 1.29 is 4.79 Å². The molecule has 2 aliphatic rings. The predicted octanol–water partition coefficient (Wildman–Crippen LogP) is 2.89. The minimum atomic E-state index is 0.225. The van der Waals surface area contributed by atoms with Gasteiger partial charge in [0.2, 0.25) is 0 Å². The molecule has 0 fully saturated rings. The summed E-state index contributed by atoms with van der Waals surface area (Å²) in [5.74, 6) is 0.225. The number of ketones is 1. The lowest BCUT2D eigenvalue weighted by molar-refractivity contribution is -0.115. The standard InChI is InChI=1S/C15H15NO/c17-14-8-4-7-12-9-10-13(16-15(12)14)11-5-2-1-3-6-11/h1-7,13,16H,8-10H2. The highest BCUT2D eigenvalue weighted by molar-refractivity contribution is 5.98. The van der Waals surface area contributed by atoms with Crippen LogP contribution in [0.25, 0.3) is 0 Å². The summed E-state index contributed by atoms with van der Waals surface area (Å²) in [7, 11) is 0. The molecule has 0 amide bonds. The third kappa shape index (κ3) is 1.91. The van der Waals surface area contributed by atoms with Gasteiger partial charge in [0, 0.05) is 6.42 Å². The number of Topliss-reactive ketones (excluding diaryl/α,β-unsaturated/α-hetero) is 1. The molecule has 0 aromatic heterocycles. The van der Waals surface area contributed by atoms with Crippen molar-refractivity contribution in [2.45, 2.75) is 25.3 Å². The molecule has 1 aromatic carbocycles. The molecule has 1 aliphatic carbocycles. The molecular weight excluding hydrogens is 210 g/mol. The molecule has 1 aromatic rings. The Bertz CT molecular complexity index is 499. The minimum absolute atomic E-state index is 0.225. The second-order valence-corrected chi connectivity index (χ2v) is 4.58. The van der Waals surface area contributed by atoms with Crippen LogP contribution < -0.4 is 5.32 Å². The van der Waals surface area contributed by atoms with E-state index in [9.17, 15) is 4.79 Å². The Hall–Kier alpha value is -1.83. The summed E-state index contributed by atoms with van der Waals surface area (Å²) in [6.45, 7) is 0. The van der Waals surface area contributed by atoms with E-state index in [1.165, 1.54) is 11.1 Å². The molecule has 17 heavy (non-hydrogen) atoms. The van der Waals surface area contributed by atoms with Crippen LogP contribution in [0.4, 0.5) is 0 Å². The van der Waals surface area contributed by atoms with Gasteiger partial charge in [-0.1, -0.05) is 42.5 Å². The largest absolute Gasteiger partial charge is 0.375 e. The van der Waals surface area contributed by atoms with E-state index in [4.69, 9.17) is 0 Å². The lowest BCUT2D eigenvalue weighted by Crippen LogP contribution is -2.31. The van der Waals surface area contributed by atoms with E-state index in [0.29, 0.717) is 6.42 Å². The second-order valence-electron chi connectivity index (χ2n) is 4.58. The van der Waals surface area contributed by atoms with Crippen molar-refractivity contribution in [2.24, 2.45) is 0 Å². The van der Waals surface area contributed by atoms with Gasteiger partial charge in [-0.25, -0.2) is 0 Å². The minimum Gasteiger partial charge on any atom is -0.375 e. The number of carbonyl (C=O) groups excluding carboxylic acids is 1. The van der Waals surface area contributed by atoms with Crippen LogP contribution in [0.2, 0.25) is 0 Å². The molecule has 1 N–H and O–H groups in total. The van der Waals surface area contributed by atoms with E-state index >= 15 is 0 Å². The first kappa shape index (κ1) is 10.3. The van der Waals surface area contributed by atoms with Crippen LogP contribution in [0.5, 0.6) is 0 Å². The number of hydrogen-bond donors (Lipinski definition) is 1. The number of nitrogens with one attached hydrogen (secondary N) is 1. The molecule has 0 spiro atoms. The lowest BCUT2D eigenvalue weighted by atomic mass is 9.89. The zero-order valence-corrected chi connectivity index (χ0v) is 9.65. The second kappa shape index (κ2) is 4.21. The van der Waals surface area contributed by atoms with Crippen LogP contribution in [-0.2, 0) is 4.79 Å². The summed E-state index contributed by atoms with van der Waals surface area (Å²) in [6.07, 6.45) is 6.63. The molecule has 1 aliphatic heterocycles. The quantitative estimate of drug-likeness (QED) is 0.796. The van der Waals surface area contributed by atoms with Crippen LogP contribution in [0.15, 0.2) is 53.8 Å². The van der Waals surface area contributed by atoms with Gasteiger partial charge in [0.05, 0.1) is 11.7 Å². The topological polar surface area (TPSA) is 29.1 Å². The predicted molar refractivity (Wildman–Crippen MR) is 67.3 cm³/mol. The van der Waals surface area contributed by atoms with E-state index < -0.39 is 0 Å². The van der Waals surface area contributed by atoms with Crippen LogP contribution >= 0.6 is 0 Å². The fraction of sp³-hybridized carbons (Fsp3) is 0.267. The molecule has 0 saturated carbocycles. The van der Waals surface area contributed by atoms with Gasteiger partial charge >= 0.3 is 0 Å². The van der Waals surface area contributed by atoms with Crippen LogP contribution in [-0.4, -0.2) is 5.78 Å². The highest BCUT2D eigenvalue weighted by Gasteiger charge is 2.25. The Morgan fingerprint density at radius 2 is 2.00 bits per heavy atom. The van der Waals surface area contributed by atoms with Crippen molar-refractivity contribution in [3.63, 3.8) is 0 Å². The van der Waals surface area contributed by atoms with Gasteiger partial charge in [-0.3, -0.25) is 4.79 Å². The number of rotatable bonds is 1. The van der Waals surface area contributed by atoms with Gasteiger partial charge in [0.25, 0.3) is 0 Å². The van der Waals surface area contributed by atoms with E-state index in [1.807, 2.05) is 24.3 Å². The number of carbonyl (C=O) groups is 1. The summed E-state index contributed by atoms with van der Waals surface area (Å²) in [4.78, 5) is 11.8. The normalized spacial score (nSPS) is 23.3. The molecule has 0 radical (unpaired) electrons. The van der Waals surface area contributed by atoms with Gasteiger partial charge in [0.15, 0.2) is 5.78 Å². The SMILES string of the molecule is O=C1CC=CC2=C1NC(c1ccccc1)CC2. The van der Waals surface area contributed by atoms with Crippen molar-refractivity contribution >= 4 is 5.78 Å². The Morgan fingerprint density at radius 3 is 2.82 bits per heavy atom.